The standard InChI is InChI=1S/C13H22N4/c1-10-15-16-13(11-5-2-3-6-11)17(10)12-7-4-8-14-9-12/h11-12,14H,2-9H2,1H3. The Morgan fingerprint density at radius 3 is 2.65 bits per heavy atom. The average Bonchev–Trinajstić information content (AvgIpc) is 2.98. The zero-order chi connectivity index (χ0) is 11.7. The van der Waals surface area contributed by atoms with E-state index in [-0.39, 0.29) is 0 Å². The molecule has 17 heavy (non-hydrogen) atoms. The van der Waals surface area contributed by atoms with Gasteiger partial charge in [0.15, 0.2) is 0 Å². The molecule has 2 fully saturated rings. The maximum atomic E-state index is 4.46. The van der Waals surface area contributed by atoms with Gasteiger partial charge in [0, 0.05) is 18.5 Å². The van der Waals surface area contributed by atoms with Crippen molar-refractivity contribution >= 4 is 0 Å². The predicted octanol–water partition coefficient (Wildman–Crippen LogP) is 2.17. The second kappa shape index (κ2) is 4.77. The summed E-state index contributed by atoms with van der Waals surface area (Å²) < 4.78 is 2.42. The van der Waals surface area contributed by atoms with Gasteiger partial charge in [0.2, 0.25) is 0 Å². The normalized spacial score (nSPS) is 26.5. The molecule has 1 unspecified atom stereocenters. The van der Waals surface area contributed by atoms with Crippen LogP contribution in [0.25, 0.3) is 0 Å². The van der Waals surface area contributed by atoms with E-state index in [0.717, 1.165) is 18.9 Å². The number of nitrogens with one attached hydrogen (secondary N) is 1. The van der Waals surface area contributed by atoms with Crippen LogP contribution in [0.1, 0.15) is 62.1 Å². The Labute approximate surface area is 103 Å². The van der Waals surface area contributed by atoms with Gasteiger partial charge in [0.05, 0.1) is 0 Å². The summed E-state index contributed by atoms with van der Waals surface area (Å²) in [6.45, 7) is 4.34. The van der Waals surface area contributed by atoms with Crippen molar-refractivity contribution in [3.8, 4) is 0 Å². The van der Waals surface area contributed by atoms with E-state index in [0.29, 0.717) is 12.0 Å². The first-order valence-corrected chi connectivity index (χ1v) is 6.98. The molecule has 1 saturated heterocycles. The van der Waals surface area contributed by atoms with E-state index in [4.69, 9.17) is 0 Å². The Morgan fingerprint density at radius 2 is 1.94 bits per heavy atom. The Balaban J connectivity index is 1.88. The van der Waals surface area contributed by atoms with Crippen molar-refractivity contribution in [2.75, 3.05) is 13.1 Å². The second-order valence-electron chi connectivity index (χ2n) is 5.46. The van der Waals surface area contributed by atoms with Gasteiger partial charge in [0.25, 0.3) is 0 Å². The molecule has 2 heterocycles. The fourth-order valence-electron chi connectivity index (χ4n) is 3.35. The van der Waals surface area contributed by atoms with Crippen molar-refractivity contribution < 1.29 is 0 Å². The van der Waals surface area contributed by atoms with Gasteiger partial charge in [0.1, 0.15) is 11.6 Å². The Hall–Kier alpha value is -0.900. The van der Waals surface area contributed by atoms with Crippen molar-refractivity contribution in [2.45, 2.75) is 57.4 Å². The van der Waals surface area contributed by atoms with Crippen LogP contribution in [0.4, 0.5) is 0 Å². The molecule has 0 aromatic carbocycles. The molecule has 1 aromatic rings. The quantitative estimate of drug-likeness (QED) is 0.852. The molecule has 1 saturated carbocycles. The molecular formula is C13H22N4. The molecule has 1 atom stereocenters. The smallest absolute Gasteiger partial charge is 0.136 e. The molecule has 4 heteroatoms. The molecule has 94 valence electrons. The Kier molecular flexibility index (Phi) is 3.14. The minimum atomic E-state index is 0.578. The third-order valence-electron chi connectivity index (χ3n) is 4.25. The van der Waals surface area contributed by atoms with E-state index in [1.54, 1.807) is 0 Å². The summed E-state index contributed by atoms with van der Waals surface area (Å²) in [7, 11) is 0. The summed E-state index contributed by atoms with van der Waals surface area (Å²) in [5.74, 6) is 3.02. The fourth-order valence-corrected chi connectivity index (χ4v) is 3.35. The predicted molar refractivity (Wildman–Crippen MR) is 67.1 cm³/mol. The molecule has 1 aliphatic carbocycles. The fraction of sp³-hybridized carbons (Fsp3) is 0.846. The third kappa shape index (κ3) is 2.10. The summed E-state index contributed by atoms with van der Waals surface area (Å²) in [5.41, 5.74) is 0. The average molecular weight is 234 g/mol. The maximum Gasteiger partial charge on any atom is 0.136 e. The van der Waals surface area contributed by atoms with Crippen LogP contribution in [-0.4, -0.2) is 27.9 Å². The minimum absolute atomic E-state index is 0.578. The summed E-state index contributed by atoms with van der Waals surface area (Å²) in [6, 6.07) is 0.578. The molecule has 1 aliphatic heterocycles. The monoisotopic (exact) mass is 234 g/mol. The molecule has 2 aliphatic rings. The number of rotatable bonds is 2. The van der Waals surface area contributed by atoms with Gasteiger partial charge in [-0.15, -0.1) is 10.2 Å². The van der Waals surface area contributed by atoms with Gasteiger partial charge >= 0.3 is 0 Å². The van der Waals surface area contributed by atoms with Gasteiger partial charge in [-0.1, -0.05) is 12.8 Å². The Morgan fingerprint density at radius 1 is 1.12 bits per heavy atom. The first kappa shape index (κ1) is 11.2. The highest BCUT2D eigenvalue weighted by Gasteiger charge is 2.27. The minimum Gasteiger partial charge on any atom is -0.315 e. The Bertz CT molecular complexity index is 373. The first-order valence-electron chi connectivity index (χ1n) is 6.98. The topological polar surface area (TPSA) is 42.7 Å². The van der Waals surface area contributed by atoms with E-state index < -0.39 is 0 Å². The maximum absolute atomic E-state index is 4.46. The summed E-state index contributed by atoms with van der Waals surface area (Å²) in [6.07, 6.45) is 7.87. The highest BCUT2D eigenvalue weighted by atomic mass is 15.3. The largest absolute Gasteiger partial charge is 0.315 e. The van der Waals surface area contributed by atoms with Crippen molar-refractivity contribution in [1.29, 1.82) is 0 Å². The summed E-state index contributed by atoms with van der Waals surface area (Å²) in [4.78, 5) is 0. The van der Waals surface area contributed by atoms with E-state index >= 15 is 0 Å². The highest BCUT2D eigenvalue weighted by molar-refractivity contribution is 5.06. The van der Waals surface area contributed by atoms with Gasteiger partial charge in [-0.2, -0.15) is 0 Å². The van der Waals surface area contributed by atoms with Crippen LogP contribution < -0.4 is 5.32 Å². The van der Waals surface area contributed by atoms with Gasteiger partial charge in [-0.3, -0.25) is 0 Å². The molecule has 0 spiro atoms. The van der Waals surface area contributed by atoms with Gasteiger partial charge in [-0.25, -0.2) is 0 Å². The second-order valence-corrected chi connectivity index (χ2v) is 5.46. The van der Waals surface area contributed by atoms with Crippen LogP contribution in [0, 0.1) is 6.92 Å². The molecular weight excluding hydrogens is 212 g/mol. The van der Waals surface area contributed by atoms with Crippen LogP contribution in [0.5, 0.6) is 0 Å². The van der Waals surface area contributed by atoms with Gasteiger partial charge < -0.3 is 9.88 Å². The lowest BCUT2D eigenvalue weighted by atomic mass is 10.0. The number of hydrogen-bond acceptors (Lipinski definition) is 3. The van der Waals surface area contributed by atoms with E-state index in [1.165, 1.54) is 44.3 Å². The lowest BCUT2D eigenvalue weighted by Crippen LogP contribution is -2.33. The zero-order valence-electron chi connectivity index (χ0n) is 10.7. The van der Waals surface area contributed by atoms with Crippen LogP contribution in [0.15, 0.2) is 0 Å². The van der Waals surface area contributed by atoms with Crippen molar-refractivity contribution in [3.63, 3.8) is 0 Å². The third-order valence-corrected chi connectivity index (χ3v) is 4.25. The molecule has 4 nitrogen and oxygen atoms in total. The van der Waals surface area contributed by atoms with Crippen LogP contribution in [0.3, 0.4) is 0 Å². The molecule has 0 radical (unpaired) electrons. The van der Waals surface area contributed by atoms with Crippen molar-refractivity contribution in [2.24, 2.45) is 0 Å². The first-order chi connectivity index (χ1) is 8.36. The lowest BCUT2D eigenvalue weighted by molar-refractivity contribution is 0.352. The number of piperidine rings is 1. The van der Waals surface area contributed by atoms with Crippen molar-refractivity contribution in [1.82, 2.24) is 20.1 Å². The van der Waals surface area contributed by atoms with Crippen LogP contribution >= 0.6 is 0 Å². The summed E-state index contributed by atoms with van der Waals surface area (Å²) in [5, 5.41) is 12.3. The molecule has 1 aromatic heterocycles. The number of nitrogens with zero attached hydrogens (tertiary/aromatic N) is 3. The van der Waals surface area contributed by atoms with Crippen LogP contribution in [0.2, 0.25) is 0 Å². The number of hydrogen-bond donors (Lipinski definition) is 1. The summed E-state index contributed by atoms with van der Waals surface area (Å²) >= 11 is 0. The van der Waals surface area contributed by atoms with E-state index in [1.807, 2.05) is 0 Å². The zero-order valence-corrected chi connectivity index (χ0v) is 10.7. The van der Waals surface area contributed by atoms with E-state index in [9.17, 15) is 0 Å². The SMILES string of the molecule is Cc1nnc(C2CCCC2)n1C1CCCNC1. The molecule has 0 bridgehead atoms. The van der Waals surface area contributed by atoms with Crippen LogP contribution in [-0.2, 0) is 0 Å². The lowest BCUT2D eigenvalue weighted by Gasteiger charge is -2.27. The highest BCUT2D eigenvalue weighted by Crippen LogP contribution is 2.35. The molecule has 0 amide bonds. The van der Waals surface area contributed by atoms with Gasteiger partial charge in [-0.05, 0) is 39.2 Å². The van der Waals surface area contributed by atoms with Crippen molar-refractivity contribution in [3.05, 3.63) is 11.6 Å². The molecule has 3 rings (SSSR count). The number of aryl methyl sites for hydroxylation is 1. The molecule has 1 N–H and O–H groups in total. The number of aromatic nitrogens is 3. The van der Waals surface area contributed by atoms with E-state index in [2.05, 4.69) is 27.0 Å².